The second-order valence-electron chi connectivity index (χ2n) is 13.8. The van der Waals surface area contributed by atoms with Crippen molar-refractivity contribution < 1.29 is 4.42 Å². The molecular formula is C50H35N3O. The van der Waals surface area contributed by atoms with Gasteiger partial charge in [-0.2, -0.15) is 0 Å². The molecular weight excluding hydrogens is 659 g/mol. The van der Waals surface area contributed by atoms with Gasteiger partial charge in [0.05, 0.1) is 0 Å². The molecule has 1 heterocycles. The lowest BCUT2D eigenvalue weighted by atomic mass is 9.92. The van der Waals surface area contributed by atoms with Crippen molar-refractivity contribution in [1.82, 2.24) is 5.32 Å². The summed E-state index contributed by atoms with van der Waals surface area (Å²) < 4.78 is 6.62. The summed E-state index contributed by atoms with van der Waals surface area (Å²) in [6.45, 7) is 0.598. The molecule has 0 radical (unpaired) electrons. The molecule has 2 N–H and O–H groups in total. The quantitative estimate of drug-likeness (QED) is 0.134. The Morgan fingerprint density at radius 1 is 0.593 bits per heavy atom. The van der Waals surface area contributed by atoms with Crippen LogP contribution in [0.2, 0.25) is 0 Å². The van der Waals surface area contributed by atoms with E-state index in [1.54, 1.807) is 0 Å². The lowest BCUT2D eigenvalue weighted by molar-refractivity contribution is 0.669. The number of fused-ring (bicyclic) bond motifs is 6. The highest BCUT2D eigenvalue weighted by atomic mass is 16.3. The Labute approximate surface area is 313 Å². The van der Waals surface area contributed by atoms with E-state index in [9.17, 15) is 5.41 Å². The number of aliphatic imine (C=N–C) groups is 1. The Bertz CT molecular complexity index is 2890. The molecule has 0 spiro atoms. The summed E-state index contributed by atoms with van der Waals surface area (Å²) in [5.74, 6) is 0.845. The number of hydrogen-bond donors (Lipinski definition) is 2. The van der Waals surface area contributed by atoms with E-state index in [4.69, 9.17) is 9.41 Å². The van der Waals surface area contributed by atoms with Crippen molar-refractivity contribution in [2.45, 2.75) is 13.0 Å². The lowest BCUT2D eigenvalue weighted by Gasteiger charge is -2.14. The minimum atomic E-state index is 0.185. The molecule has 4 nitrogen and oxygen atoms in total. The molecule has 4 heteroatoms. The van der Waals surface area contributed by atoms with Crippen LogP contribution in [0.25, 0.3) is 77.2 Å². The number of nitrogens with zero attached hydrogens (tertiary/aromatic N) is 1. The van der Waals surface area contributed by atoms with E-state index in [0.717, 1.165) is 61.7 Å². The average Bonchev–Trinajstić information content (AvgIpc) is 3.62. The van der Waals surface area contributed by atoms with Crippen LogP contribution in [0.4, 0.5) is 0 Å². The van der Waals surface area contributed by atoms with Gasteiger partial charge in [0, 0.05) is 28.5 Å². The summed E-state index contributed by atoms with van der Waals surface area (Å²) in [5.41, 5.74) is 13.9. The second kappa shape index (κ2) is 13.2. The lowest BCUT2D eigenvalue weighted by Crippen LogP contribution is -2.25. The van der Waals surface area contributed by atoms with Crippen LogP contribution in [0.5, 0.6) is 0 Å². The standard InChI is InChI=1S/C50H35N3O/c51-49(53-50(33-16-6-1-2-7-17-33)52-31-32-14-4-3-5-15-32)43-21-11-10-20-38(43)41-24-13-25-45-48(41)44-27-26-34(30-46(44)54-45)35-28-29-42-37-19-9-8-18-36(37)40-23-12-22-39(35)47(40)42/h1,3-30H,2,31H2,(H2,51,52,53). The van der Waals surface area contributed by atoms with Crippen molar-refractivity contribution in [1.29, 1.82) is 5.41 Å². The van der Waals surface area contributed by atoms with Crippen LogP contribution in [0, 0.1) is 5.41 Å². The number of nitrogens with one attached hydrogen (secondary N) is 2. The zero-order valence-electron chi connectivity index (χ0n) is 29.5. The highest BCUT2D eigenvalue weighted by molar-refractivity contribution is 6.20. The first-order valence-electron chi connectivity index (χ1n) is 18.4. The van der Waals surface area contributed by atoms with Crippen LogP contribution in [-0.4, -0.2) is 11.7 Å². The SMILES string of the molecule is N=C(N=C(NCc1ccccc1)C1=CC=CCC=C1)c1ccccc1-c1cccc2oc3cc(-c4ccc5c6c(cccc46)-c4ccccc4-5)ccc3c12. The second-order valence-corrected chi connectivity index (χ2v) is 13.8. The van der Waals surface area contributed by atoms with Crippen LogP contribution in [-0.2, 0) is 6.54 Å². The zero-order valence-corrected chi connectivity index (χ0v) is 29.5. The summed E-state index contributed by atoms with van der Waals surface area (Å²) in [6, 6.07) is 51.0. The van der Waals surface area contributed by atoms with Gasteiger partial charge >= 0.3 is 0 Å². The summed E-state index contributed by atoms with van der Waals surface area (Å²) in [6.07, 6.45) is 11.3. The molecule has 0 saturated heterocycles. The van der Waals surface area contributed by atoms with Crippen LogP contribution >= 0.6 is 0 Å². The molecule has 0 atom stereocenters. The minimum Gasteiger partial charge on any atom is -0.456 e. The minimum absolute atomic E-state index is 0.185. The average molecular weight is 694 g/mol. The van der Waals surface area contributed by atoms with Crippen molar-refractivity contribution in [2.24, 2.45) is 4.99 Å². The molecule has 1 aromatic heterocycles. The summed E-state index contributed by atoms with van der Waals surface area (Å²) in [5, 5.41) is 17.5. The molecule has 0 aliphatic heterocycles. The molecule has 0 amide bonds. The van der Waals surface area contributed by atoms with Gasteiger partial charge in [0.1, 0.15) is 17.0 Å². The van der Waals surface area contributed by atoms with E-state index in [1.165, 1.54) is 38.6 Å². The Morgan fingerprint density at radius 2 is 1.30 bits per heavy atom. The van der Waals surface area contributed by atoms with Crippen molar-refractivity contribution in [3.8, 4) is 44.5 Å². The highest BCUT2D eigenvalue weighted by Crippen LogP contribution is 2.49. The van der Waals surface area contributed by atoms with Gasteiger partial charge in [-0.25, -0.2) is 4.99 Å². The Balaban J connectivity index is 1.05. The predicted molar refractivity (Wildman–Crippen MR) is 225 cm³/mol. The number of benzene rings is 7. The maximum atomic E-state index is 9.39. The Morgan fingerprint density at radius 3 is 2.15 bits per heavy atom. The van der Waals surface area contributed by atoms with Gasteiger partial charge in [-0.15, -0.1) is 0 Å². The van der Waals surface area contributed by atoms with E-state index >= 15 is 0 Å². The van der Waals surface area contributed by atoms with Crippen molar-refractivity contribution in [3.63, 3.8) is 0 Å². The van der Waals surface area contributed by atoms with Gasteiger partial charge in [0.2, 0.25) is 0 Å². The predicted octanol–water partition coefficient (Wildman–Crippen LogP) is 12.7. The van der Waals surface area contributed by atoms with Crippen LogP contribution < -0.4 is 5.32 Å². The number of furan rings is 1. The van der Waals surface area contributed by atoms with Crippen molar-refractivity contribution in [3.05, 3.63) is 193 Å². The molecule has 2 aliphatic carbocycles. The molecule has 7 aromatic carbocycles. The van der Waals surface area contributed by atoms with Crippen LogP contribution in [0.1, 0.15) is 17.5 Å². The van der Waals surface area contributed by atoms with Gasteiger partial charge < -0.3 is 9.73 Å². The van der Waals surface area contributed by atoms with E-state index in [1.807, 2.05) is 54.6 Å². The van der Waals surface area contributed by atoms with E-state index in [0.29, 0.717) is 12.4 Å². The number of rotatable bonds is 6. The molecule has 8 aromatic rings. The zero-order chi connectivity index (χ0) is 36.0. The summed E-state index contributed by atoms with van der Waals surface area (Å²) in [7, 11) is 0. The van der Waals surface area contributed by atoms with Gasteiger partial charge in [0.15, 0.2) is 5.84 Å². The third-order valence-electron chi connectivity index (χ3n) is 10.6. The van der Waals surface area contributed by atoms with Crippen LogP contribution in [0.3, 0.4) is 0 Å². The Hall–Kier alpha value is -7.04. The van der Waals surface area contributed by atoms with Gasteiger partial charge in [0.25, 0.3) is 0 Å². The fourth-order valence-corrected chi connectivity index (χ4v) is 8.10. The van der Waals surface area contributed by atoms with Gasteiger partial charge in [-0.1, -0.05) is 158 Å². The fraction of sp³-hybridized carbons (Fsp3) is 0.0400. The van der Waals surface area contributed by atoms with Crippen LogP contribution in [0.15, 0.2) is 191 Å². The third-order valence-corrected chi connectivity index (χ3v) is 10.6. The number of amidine groups is 2. The maximum absolute atomic E-state index is 9.39. The Kier molecular flexibility index (Phi) is 7.73. The highest BCUT2D eigenvalue weighted by Gasteiger charge is 2.23. The van der Waals surface area contributed by atoms with E-state index in [2.05, 4.69) is 127 Å². The van der Waals surface area contributed by atoms with E-state index < -0.39 is 0 Å². The molecule has 256 valence electrons. The first kappa shape index (κ1) is 31.7. The molecule has 2 aliphatic rings. The molecule has 10 rings (SSSR count). The van der Waals surface area contributed by atoms with Gasteiger partial charge in [-0.3, -0.25) is 5.41 Å². The largest absolute Gasteiger partial charge is 0.456 e. The molecule has 0 saturated carbocycles. The molecule has 0 fully saturated rings. The monoisotopic (exact) mass is 693 g/mol. The number of allylic oxidation sites excluding steroid dienone is 4. The summed E-state index contributed by atoms with van der Waals surface area (Å²) >= 11 is 0. The maximum Gasteiger partial charge on any atom is 0.154 e. The topological polar surface area (TPSA) is 61.4 Å². The molecule has 0 bridgehead atoms. The first-order valence-corrected chi connectivity index (χ1v) is 18.4. The first-order chi connectivity index (χ1) is 26.7. The summed E-state index contributed by atoms with van der Waals surface area (Å²) in [4.78, 5) is 4.96. The fourth-order valence-electron chi connectivity index (χ4n) is 8.10. The normalized spacial score (nSPS) is 13.3. The third kappa shape index (κ3) is 5.39. The van der Waals surface area contributed by atoms with Crippen molar-refractivity contribution in [2.75, 3.05) is 0 Å². The van der Waals surface area contributed by atoms with E-state index in [-0.39, 0.29) is 5.84 Å². The molecule has 0 unspecified atom stereocenters. The van der Waals surface area contributed by atoms with Crippen molar-refractivity contribution >= 4 is 44.4 Å². The smallest absolute Gasteiger partial charge is 0.154 e. The number of hydrogen-bond acceptors (Lipinski definition) is 2. The molecule has 54 heavy (non-hydrogen) atoms. The van der Waals surface area contributed by atoms with Gasteiger partial charge in [-0.05, 0) is 85.5 Å².